The Bertz CT molecular complexity index is 1180. The zero-order valence-corrected chi connectivity index (χ0v) is 20.3. The van der Waals surface area contributed by atoms with Crippen molar-refractivity contribution in [3.05, 3.63) is 81.0 Å². The van der Waals surface area contributed by atoms with Gasteiger partial charge in [-0.05, 0) is 80.0 Å². The van der Waals surface area contributed by atoms with E-state index in [1.54, 1.807) is 0 Å². The van der Waals surface area contributed by atoms with Crippen LogP contribution in [0.1, 0.15) is 63.9 Å². The van der Waals surface area contributed by atoms with E-state index in [-0.39, 0.29) is 5.91 Å². The SMILES string of the molecule is C#Cc1ccc(C2CN(C(=O)c3cc(C(=N)/C(C)=C(\N)COCC4CC4)c(C)cc3C)C2)cc1. The second-order valence-electron chi connectivity index (χ2n) is 9.64. The summed E-state index contributed by atoms with van der Waals surface area (Å²) in [5.74, 6) is 3.63. The number of allylic oxidation sites excluding steroid dienone is 1. The lowest BCUT2D eigenvalue weighted by molar-refractivity contribution is 0.0601. The van der Waals surface area contributed by atoms with Crippen molar-refractivity contribution in [3.8, 4) is 12.3 Å². The van der Waals surface area contributed by atoms with Crippen molar-refractivity contribution in [1.82, 2.24) is 4.90 Å². The Morgan fingerprint density at radius 3 is 2.41 bits per heavy atom. The summed E-state index contributed by atoms with van der Waals surface area (Å²) in [6.07, 6.45) is 7.90. The number of rotatable bonds is 8. The highest BCUT2D eigenvalue weighted by atomic mass is 16.5. The Balaban J connectivity index is 1.46. The molecule has 3 N–H and O–H groups in total. The molecular weight excluding hydrogens is 422 g/mol. The minimum atomic E-state index is 0.00502. The second kappa shape index (κ2) is 9.87. The summed E-state index contributed by atoms with van der Waals surface area (Å²) in [7, 11) is 0. The third kappa shape index (κ3) is 5.08. The number of nitrogens with one attached hydrogen (secondary N) is 1. The average molecular weight is 456 g/mol. The highest BCUT2D eigenvalue weighted by molar-refractivity contribution is 6.12. The predicted molar refractivity (Wildman–Crippen MR) is 136 cm³/mol. The Hall–Kier alpha value is -3.36. The van der Waals surface area contributed by atoms with Gasteiger partial charge in [0, 0.05) is 48.0 Å². The fourth-order valence-electron chi connectivity index (χ4n) is 4.32. The van der Waals surface area contributed by atoms with E-state index < -0.39 is 0 Å². The molecule has 1 aliphatic heterocycles. The summed E-state index contributed by atoms with van der Waals surface area (Å²) >= 11 is 0. The maximum absolute atomic E-state index is 13.3. The normalized spacial score (nSPS) is 16.5. The molecule has 0 aromatic heterocycles. The highest BCUT2D eigenvalue weighted by Gasteiger charge is 2.33. The molecule has 2 aliphatic rings. The maximum atomic E-state index is 13.3. The molecule has 1 saturated carbocycles. The molecule has 0 radical (unpaired) electrons. The molecule has 1 saturated heterocycles. The van der Waals surface area contributed by atoms with Gasteiger partial charge in [0.15, 0.2) is 0 Å². The van der Waals surface area contributed by atoms with E-state index in [9.17, 15) is 4.79 Å². The molecular formula is C29H33N3O2. The van der Waals surface area contributed by atoms with Crippen LogP contribution in [0.3, 0.4) is 0 Å². The number of hydrogen-bond acceptors (Lipinski definition) is 4. The monoisotopic (exact) mass is 455 g/mol. The number of benzene rings is 2. The van der Waals surface area contributed by atoms with Crippen LogP contribution in [0.5, 0.6) is 0 Å². The highest BCUT2D eigenvalue weighted by Crippen LogP contribution is 2.31. The Kier molecular flexibility index (Phi) is 6.90. The van der Waals surface area contributed by atoms with E-state index >= 15 is 0 Å². The molecule has 2 aromatic carbocycles. The summed E-state index contributed by atoms with van der Waals surface area (Å²) in [6.45, 7) is 8.19. The van der Waals surface area contributed by atoms with E-state index in [1.807, 2.05) is 62.1 Å². The fraction of sp³-hybridized carbons (Fsp3) is 0.379. The van der Waals surface area contributed by atoms with E-state index in [4.69, 9.17) is 22.3 Å². The van der Waals surface area contributed by atoms with Gasteiger partial charge in [-0.3, -0.25) is 10.2 Å². The molecule has 5 heteroatoms. The van der Waals surface area contributed by atoms with Gasteiger partial charge in [-0.2, -0.15) is 0 Å². The number of hydrogen-bond donors (Lipinski definition) is 2. The largest absolute Gasteiger partial charge is 0.400 e. The van der Waals surface area contributed by atoms with Gasteiger partial charge in [0.05, 0.1) is 12.3 Å². The quantitative estimate of drug-likeness (QED) is 0.453. The third-order valence-corrected chi connectivity index (χ3v) is 6.95. The summed E-state index contributed by atoms with van der Waals surface area (Å²) < 4.78 is 5.70. The smallest absolute Gasteiger partial charge is 0.254 e. The van der Waals surface area contributed by atoms with Gasteiger partial charge < -0.3 is 15.4 Å². The lowest BCUT2D eigenvalue weighted by Gasteiger charge is -2.40. The van der Waals surface area contributed by atoms with Crippen LogP contribution >= 0.6 is 0 Å². The van der Waals surface area contributed by atoms with Gasteiger partial charge >= 0.3 is 0 Å². The van der Waals surface area contributed by atoms with Gasteiger partial charge in [-0.25, -0.2) is 0 Å². The van der Waals surface area contributed by atoms with Gasteiger partial charge in [0.1, 0.15) is 0 Å². The van der Waals surface area contributed by atoms with Crippen LogP contribution in [0, 0.1) is 37.5 Å². The van der Waals surface area contributed by atoms with Crippen molar-refractivity contribution in [1.29, 1.82) is 5.41 Å². The number of nitrogens with two attached hydrogens (primary N) is 1. The number of likely N-dealkylation sites (tertiary alicyclic amines) is 1. The molecule has 0 bridgehead atoms. The predicted octanol–water partition coefficient (Wildman–Crippen LogP) is 4.55. The molecule has 0 spiro atoms. The summed E-state index contributed by atoms with van der Waals surface area (Å²) in [4.78, 5) is 15.2. The Labute approximate surface area is 202 Å². The molecule has 1 heterocycles. The van der Waals surface area contributed by atoms with Crippen molar-refractivity contribution in [2.75, 3.05) is 26.3 Å². The molecule has 0 unspecified atom stereocenters. The molecule has 2 aromatic rings. The van der Waals surface area contributed by atoms with Gasteiger partial charge in [0.25, 0.3) is 5.91 Å². The molecule has 1 amide bonds. The van der Waals surface area contributed by atoms with Crippen LogP contribution < -0.4 is 5.73 Å². The second-order valence-corrected chi connectivity index (χ2v) is 9.64. The zero-order chi connectivity index (χ0) is 24.4. The first-order valence-electron chi connectivity index (χ1n) is 11.9. The minimum absolute atomic E-state index is 0.00502. The first-order valence-corrected chi connectivity index (χ1v) is 11.9. The number of carbonyl (C=O) groups excluding carboxylic acids is 1. The van der Waals surface area contributed by atoms with Gasteiger partial charge in [0.2, 0.25) is 0 Å². The Morgan fingerprint density at radius 1 is 1.15 bits per heavy atom. The lowest BCUT2D eigenvalue weighted by atomic mass is 9.88. The van der Waals surface area contributed by atoms with E-state index in [0.717, 1.165) is 28.9 Å². The van der Waals surface area contributed by atoms with Crippen LogP contribution in [-0.4, -0.2) is 42.8 Å². The van der Waals surface area contributed by atoms with Gasteiger partial charge in [-0.1, -0.05) is 24.1 Å². The first-order chi connectivity index (χ1) is 16.3. The number of terminal acetylenes is 1. The minimum Gasteiger partial charge on any atom is -0.400 e. The van der Waals surface area contributed by atoms with Crippen molar-refractivity contribution < 1.29 is 9.53 Å². The van der Waals surface area contributed by atoms with Crippen LogP contribution in [0.4, 0.5) is 0 Å². The van der Waals surface area contributed by atoms with Crippen molar-refractivity contribution in [2.24, 2.45) is 11.7 Å². The Morgan fingerprint density at radius 2 is 1.79 bits per heavy atom. The number of ether oxygens (including phenoxy) is 1. The number of aryl methyl sites for hydroxylation is 2. The van der Waals surface area contributed by atoms with Crippen LogP contribution in [0.15, 0.2) is 47.7 Å². The fourth-order valence-corrected chi connectivity index (χ4v) is 4.32. The number of amides is 1. The van der Waals surface area contributed by atoms with E-state index in [0.29, 0.717) is 54.1 Å². The van der Waals surface area contributed by atoms with Crippen molar-refractivity contribution >= 4 is 11.6 Å². The van der Waals surface area contributed by atoms with Gasteiger partial charge in [-0.15, -0.1) is 6.42 Å². The topological polar surface area (TPSA) is 79.4 Å². The van der Waals surface area contributed by atoms with Crippen LogP contribution in [0.2, 0.25) is 0 Å². The number of nitrogens with zero attached hydrogens (tertiary/aromatic N) is 1. The zero-order valence-electron chi connectivity index (χ0n) is 20.3. The molecule has 5 nitrogen and oxygen atoms in total. The molecule has 0 atom stereocenters. The maximum Gasteiger partial charge on any atom is 0.254 e. The molecule has 1 aliphatic carbocycles. The number of carbonyl (C=O) groups is 1. The van der Waals surface area contributed by atoms with E-state index in [2.05, 4.69) is 5.92 Å². The summed E-state index contributed by atoms with van der Waals surface area (Å²) in [5, 5.41) is 8.76. The molecule has 2 fully saturated rings. The van der Waals surface area contributed by atoms with Crippen LogP contribution in [-0.2, 0) is 4.74 Å². The van der Waals surface area contributed by atoms with Crippen molar-refractivity contribution in [2.45, 2.75) is 39.5 Å². The standard InChI is InChI=1S/C29H33N3O2/c1-5-21-8-10-23(11-9-21)24-14-32(15-24)29(33)26-13-25(18(2)12-19(26)3)28(31)20(4)27(30)17-34-16-22-6-7-22/h1,8-13,22,24,31H,6-7,14-17,30H2,2-4H3/b27-20-,31-28?. The first kappa shape index (κ1) is 23.8. The van der Waals surface area contributed by atoms with Crippen LogP contribution in [0.25, 0.3) is 0 Å². The average Bonchev–Trinajstić information content (AvgIpc) is 3.62. The molecule has 34 heavy (non-hydrogen) atoms. The van der Waals surface area contributed by atoms with E-state index in [1.165, 1.54) is 18.4 Å². The third-order valence-electron chi connectivity index (χ3n) is 6.95. The summed E-state index contributed by atoms with van der Waals surface area (Å²) in [5.41, 5.74) is 13.2. The summed E-state index contributed by atoms with van der Waals surface area (Å²) in [6, 6.07) is 11.8. The molecule has 4 rings (SSSR count). The molecule has 176 valence electrons. The van der Waals surface area contributed by atoms with Crippen molar-refractivity contribution in [3.63, 3.8) is 0 Å². The lowest BCUT2D eigenvalue weighted by Crippen LogP contribution is -2.48.